The third kappa shape index (κ3) is 7.61. The van der Waals surface area contributed by atoms with E-state index in [0.717, 1.165) is 5.56 Å². The van der Waals surface area contributed by atoms with Crippen molar-refractivity contribution in [3.63, 3.8) is 0 Å². The van der Waals surface area contributed by atoms with Crippen LogP contribution in [0.25, 0.3) is 0 Å². The van der Waals surface area contributed by atoms with Gasteiger partial charge in [0.15, 0.2) is 0 Å². The molecule has 1 rings (SSSR count). The van der Waals surface area contributed by atoms with Crippen LogP contribution in [0.1, 0.15) is 12.0 Å². The number of alkyl halides is 3. The Hall–Kier alpha value is -1.37. The van der Waals surface area contributed by atoms with Crippen molar-refractivity contribution in [1.29, 1.82) is 0 Å². The van der Waals surface area contributed by atoms with Crippen molar-refractivity contribution in [3.05, 3.63) is 29.8 Å². The zero-order chi connectivity index (χ0) is 14.3. The second-order valence-electron chi connectivity index (χ2n) is 3.89. The summed E-state index contributed by atoms with van der Waals surface area (Å²) in [4.78, 5) is 11.4. The van der Waals surface area contributed by atoms with Gasteiger partial charge >= 0.3 is 5.51 Å². The molecule has 1 amide bonds. The van der Waals surface area contributed by atoms with Gasteiger partial charge in [-0.3, -0.25) is 4.79 Å². The Bertz CT molecular complexity index is 424. The largest absolute Gasteiger partial charge is 0.441 e. The van der Waals surface area contributed by atoms with Crippen LogP contribution in [-0.4, -0.2) is 23.7 Å². The van der Waals surface area contributed by atoms with Gasteiger partial charge in [0.05, 0.1) is 0 Å². The fourth-order valence-corrected chi connectivity index (χ4v) is 1.89. The van der Waals surface area contributed by atoms with Gasteiger partial charge in [0.1, 0.15) is 0 Å². The first-order valence-electron chi connectivity index (χ1n) is 5.68. The maximum absolute atomic E-state index is 11.8. The summed E-state index contributed by atoms with van der Waals surface area (Å²) in [6, 6.07) is 7.16. The topological polar surface area (TPSA) is 55.1 Å². The minimum absolute atomic E-state index is 0.0138. The molecule has 0 atom stereocenters. The fourth-order valence-electron chi connectivity index (χ4n) is 1.45. The molecule has 1 aromatic carbocycles. The molecule has 3 nitrogen and oxygen atoms in total. The number of benzene rings is 1. The normalized spacial score (nSPS) is 11.3. The third-order valence-electron chi connectivity index (χ3n) is 2.28. The lowest BCUT2D eigenvalue weighted by molar-refractivity contribution is -0.120. The van der Waals surface area contributed by atoms with E-state index in [2.05, 4.69) is 5.32 Å². The highest BCUT2D eigenvalue weighted by Crippen LogP contribution is 2.29. The highest BCUT2D eigenvalue weighted by molar-refractivity contribution is 8.00. The van der Waals surface area contributed by atoms with Gasteiger partial charge in [0, 0.05) is 24.4 Å². The second-order valence-corrected chi connectivity index (χ2v) is 5.05. The summed E-state index contributed by atoms with van der Waals surface area (Å²) < 4.78 is 35.5. The van der Waals surface area contributed by atoms with E-state index in [0.29, 0.717) is 12.1 Å². The molecule has 0 fully saturated rings. The van der Waals surface area contributed by atoms with E-state index in [1.807, 2.05) is 6.07 Å². The number of halogens is 3. The monoisotopic (exact) mass is 292 g/mol. The zero-order valence-electron chi connectivity index (χ0n) is 10.2. The van der Waals surface area contributed by atoms with E-state index < -0.39 is 5.51 Å². The molecule has 7 heteroatoms. The quantitative estimate of drug-likeness (QED) is 0.626. The van der Waals surface area contributed by atoms with Gasteiger partial charge in [-0.2, -0.15) is 13.2 Å². The van der Waals surface area contributed by atoms with E-state index in [4.69, 9.17) is 5.73 Å². The lowest BCUT2D eigenvalue weighted by Crippen LogP contribution is -2.26. The predicted octanol–water partition coefficient (Wildman–Crippen LogP) is 2.57. The van der Waals surface area contributed by atoms with Gasteiger partial charge < -0.3 is 11.1 Å². The number of anilines is 1. The van der Waals surface area contributed by atoms with Crippen LogP contribution in [-0.2, 0) is 11.2 Å². The van der Waals surface area contributed by atoms with E-state index in [1.54, 1.807) is 18.2 Å². The number of hydrogen-bond donors (Lipinski definition) is 2. The maximum atomic E-state index is 11.8. The molecule has 1 aromatic rings. The molecule has 19 heavy (non-hydrogen) atoms. The Morgan fingerprint density at radius 2 is 2.11 bits per heavy atom. The number of amides is 1. The molecule has 3 N–H and O–H groups in total. The highest BCUT2D eigenvalue weighted by atomic mass is 32.2. The first-order valence-corrected chi connectivity index (χ1v) is 6.67. The number of rotatable bonds is 6. The van der Waals surface area contributed by atoms with Crippen LogP contribution in [0, 0.1) is 0 Å². The van der Waals surface area contributed by atoms with Crippen LogP contribution in [0.4, 0.5) is 18.9 Å². The molecular formula is C12H15F3N2OS. The van der Waals surface area contributed by atoms with Crippen molar-refractivity contribution in [3.8, 4) is 0 Å². The summed E-state index contributed by atoms with van der Waals surface area (Å²) in [5.41, 5.74) is 2.91. The Morgan fingerprint density at radius 1 is 1.37 bits per heavy atom. The summed E-state index contributed by atoms with van der Waals surface area (Å²) >= 11 is -0.139. The Morgan fingerprint density at radius 3 is 2.74 bits per heavy atom. The second kappa shape index (κ2) is 7.28. The average Bonchev–Trinajstić information content (AvgIpc) is 2.31. The van der Waals surface area contributed by atoms with Crippen molar-refractivity contribution in [2.45, 2.75) is 18.3 Å². The first kappa shape index (κ1) is 15.7. The Labute approximate surface area is 113 Å². The van der Waals surface area contributed by atoms with Crippen molar-refractivity contribution in [2.75, 3.05) is 18.0 Å². The van der Waals surface area contributed by atoms with Gasteiger partial charge in [-0.1, -0.05) is 12.1 Å². The number of thioether (sulfide) groups is 1. The molecule has 0 unspecified atom stereocenters. The minimum atomic E-state index is -4.24. The molecule has 0 aliphatic heterocycles. The van der Waals surface area contributed by atoms with Crippen LogP contribution in [0.15, 0.2) is 24.3 Å². The number of nitrogen functional groups attached to an aromatic ring is 1. The van der Waals surface area contributed by atoms with Crippen LogP contribution < -0.4 is 11.1 Å². The molecule has 0 spiro atoms. The van der Waals surface area contributed by atoms with Crippen LogP contribution >= 0.6 is 11.8 Å². The maximum Gasteiger partial charge on any atom is 0.441 e. The van der Waals surface area contributed by atoms with Crippen LogP contribution in [0.2, 0.25) is 0 Å². The summed E-state index contributed by atoms with van der Waals surface area (Å²) in [6.07, 6.45) is 0.753. The zero-order valence-corrected chi connectivity index (χ0v) is 11.0. The van der Waals surface area contributed by atoms with E-state index in [9.17, 15) is 18.0 Å². The molecule has 0 radical (unpaired) electrons. The molecule has 0 bridgehead atoms. The van der Waals surface area contributed by atoms with E-state index in [-0.39, 0.29) is 36.4 Å². The summed E-state index contributed by atoms with van der Waals surface area (Å²) in [7, 11) is 0. The number of aryl methyl sites for hydroxylation is 1. The van der Waals surface area contributed by atoms with Gasteiger partial charge in [0.2, 0.25) is 5.91 Å². The standard InChI is InChI=1S/C12H15F3N2OS/c13-12(14,15)19-7-6-17-11(18)5-4-9-2-1-3-10(16)8-9/h1-3,8H,4-7,16H2,(H,17,18). The first-order chi connectivity index (χ1) is 8.87. The van der Waals surface area contributed by atoms with Gasteiger partial charge in [-0.05, 0) is 35.9 Å². The van der Waals surface area contributed by atoms with E-state index >= 15 is 0 Å². The number of nitrogens with one attached hydrogen (secondary N) is 1. The molecule has 0 aromatic heterocycles. The van der Waals surface area contributed by atoms with Crippen LogP contribution in [0.3, 0.4) is 0 Å². The van der Waals surface area contributed by atoms with Crippen molar-refractivity contribution in [1.82, 2.24) is 5.32 Å². The van der Waals surface area contributed by atoms with Gasteiger partial charge in [-0.15, -0.1) is 0 Å². The number of carbonyl (C=O) groups is 1. The lowest BCUT2D eigenvalue weighted by atomic mass is 10.1. The molecule has 106 valence electrons. The number of carbonyl (C=O) groups excluding carboxylic acids is 1. The number of nitrogens with two attached hydrogens (primary N) is 1. The van der Waals surface area contributed by atoms with E-state index in [1.165, 1.54) is 0 Å². The fraction of sp³-hybridized carbons (Fsp3) is 0.417. The molecule has 0 aliphatic carbocycles. The highest BCUT2D eigenvalue weighted by Gasteiger charge is 2.27. The average molecular weight is 292 g/mol. The predicted molar refractivity (Wildman–Crippen MR) is 70.7 cm³/mol. The molecule has 0 aliphatic rings. The molecule has 0 saturated heterocycles. The summed E-state index contributed by atoms with van der Waals surface area (Å²) in [5.74, 6) is -0.432. The Balaban J connectivity index is 2.18. The molecular weight excluding hydrogens is 277 g/mol. The van der Waals surface area contributed by atoms with Crippen molar-refractivity contribution < 1.29 is 18.0 Å². The molecule has 0 heterocycles. The number of hydrogen-bond acceptors (Lipinski definition) is 3. The van der Waals surface area contributed by atoms with Crippen molar-refractivity contribution in [2.24, 2.45) is 0 Å². The SMILES string of the molecule is Nc1cccc(CCC(=O)NCCSC(F)(F)F)c1. The van der Waals surface area contributed by atoms with Gasteiger partial charge in [-0.25, -0.2) is 0 Å². The van der Waals surface area contributed by atoms with Crippen LogP contribution in [0.5, 0.6) is 0 Å². The van der Waals surface area contributed by atoms with Crippen molar-refractivity contribution >= 4 is 23.4 Å². The van der Waals surface area contributed by atoms with Gasteiger partial charge in [0.25, 0.3) is 0 Å². The Kier molecular flexibility index (Phi) is 6.01. The summed E-state index contributed by atoms with van der Waals surface area (Å²) in [6.45, 7) is 0.0138. The smallest absolute Gasteiger partial charge is 0.399 e. The molecule has 0 saturated carbocycles. The lowest BCUT2D eigenvalue weighted by Gasteiger charge is -2.07. The third-order valence-corrected chi connectivity index (χ3v) is 3.02. The summed E-state index contributed by atoms with van der Waals surface area (Å²) in [5, 5.41) is 2.45. The minimum Gasteiger partial charge on any atom is -0.399 e.